The topological polar surface area (TPSA) is 72.5 Å². The first-order chi connectivity index (χ1) is 13.8. The Morgan fingerprint density at radius 2 is 1.90 bits per heavy atom. The molecule has 3 aromatic heterocycles. The van der Waals surface area contributed by atoms with Gasteiger partial charge in [0.2, 0.25) is 0 Å². The van der Waals surface area contributed by atoms with Crippen molar-refractivity contribution in [2.45, 2.75) is 12.6 Å². The Bertz CT molecular complexity index is 1190. The van der Waals surface area contributed by atoms with E-state index in [-0.39, 0.29) is 30.4 Å². The van der Waals surface area contributed by atoms with Crippen molar-refractivity contribution in [1.82, 2.24) is 19.6 Å². The lowest BCUT2D eigenvalue weighted by Crippen LogP contribution is -2.12. The molecule has 0 spiro atoms. The first-order valence-corrected chi connectivity index (χ1v) is 8.59. The van der Waals surface area contributed by atoms with Crippen LogP contribution in [0.1, 0.15) is 5.56 Å². The minimum Gasteiger partial charge on any atom is -0.488 e. The van der Waals surface area contributed by atoms with Crippen molar-refractivity contribution in [2.24, 2.45) is 0 Å². The SMILES string of the molecule is OCCOc1cc2nc(-c3nnc4ccc(CC(F)(F)F)cn34)ccc2cc1F. The van der Waals surface area contributed by atoms with Crippen LogP contribution in [-0.2, 0) is 6.42 Å². The standard InChI is InChI=1S/C19H14F4N4O2/c20-13-7-12-2-3-14(24-15(12)8-16(13)29-6-5-28)18-26-25-17-4-1-11(10-27(17)18)9-19(21,22)23/h1-4,7-8,10,28H,5-6,9H2. The van der Waals surface area contributed by atoms with Crippen LogP contribution in [0, 0.1) is 5.82 Å². The molecule has 0 saturated heterocycles. The zero-order valence-electron chi connectivity index (χ0n) is 14.8. The molecule has 0 fully saturated rings. The molecular weight excluding hydrogens is 392 g/mol. The summed E-state index contributed by atoms with van der Waals surface area (Å²) in [4.78, 5) is 4.43. The number of aliphatic hydroxyl groups is 1. The van der Waals surface area contributed by atoms with Gasteiger partial charge in [-0.3, -0.25) is 4.40 Å². The molecule has 0 bridgehead atoms. The highest BCUT2D eigenvalue weighted by molar-refractivity contribution is 5.82. The molecule has 0 radical (unpaired) electrons. The Balaban J connectivity index is 1.78. The molecule has 0 saturated carbocycles. The number of alkyl halides is 3. The predicted molar refractivity (Wildman–Crippen MR) is 96.0 cm³/mol. The Morgan fingerprint density at radius 1 is 1.07 bits per heavy atom. The third-order valence-corrected chi connectivity index (χ3v) is 4.19. The first-order valence-electron chi connectivity index (χ1n) is 8.59. The summed E-state index contributed by atoms with van der Waals surface area (Å²) >= 11 is 0. The van der Waals surface area contributed by atoms with Crippen LogP contribution in [0.3, 0.4) is 0 Å². The summed E-state index contributed by atoms with van der Waals surface area (Å²) in [6.45, 7) is -0.337. The Morgan fingerprint density at radius 3 is 2.66 bits per heavy atom. The number of halogens is 4. The number of benzene rings is 1. The lowest BCUT2D eigenvalue weighted by molar-refractivity contribution is -0.127. The maximum atomic E-state index is 14.1. The summed E-state index contributed by atoms with van der Waals surface area (Å²) in [6.07, 6.45) is -4.08. The summed E-state index contributed by atoms with van der Waals surface area (Å²) in [5, 5.41) is 17.3. The summed E-state index contributed by atoms with van der Waals surface area (Å²) in [6, 6.07) is 8.65. The van der Waals surface area contributed by atoms with E-state index in [0.717, 1.165) is 0 Å². The van der Waals surface area contributed by atoms with E-state index in [9.17, 15) is 17.6 Å². The first kappa shape index (κ1) is 19.1. The van der Waals surface area contributed by atoms with E-state index in [2.05, 4.69) is 15.2 Å². The fourth-order valence-electron chi connectivity index (χ4n) is 2.96. The van der Waals surface area contributed by atoms with E-state index < -0.39 is 18.4 Å². The van der Waals surface area contributed by atoms with Gasteiger partial charge < -0.3 is 9.84 Å². The molecule has 29 heavy (non-hydrogen) atoms. The highest BCUT2D eigenvalue weighted by Crippen LogP contribution is 2.27. The zero-order chi connectivity index (χ0) is 20.6. The summed E-state index contributed by atoms with van der Waals surface area (Å²) in [5.41, 5.74) is 1.20. The lowest BCUT2D eigenvalue weighted by atomic mass is 10.1. The van der Waals surface area contributed by atoms with Crippen LogP contribution < -0.4 is 4.74 Å². The quantitative estimate of drug-likeness (QED) is 0.513. The number of hydrogen-bond acceptors (Lipinski definition) is 5. The van der Waals surface area contributed by atoms with Crippen LogP contribution in [0.15, 0.2) is 42.6 Å². The fourth-order valence-corrected chi connectivity index (χ4v) is 2.96. The van der Waals surface area contributed by atoms with Crippen LogP contribution in [0.4, 0.5) is 17.6 Å². The molecule has 150 valence electrons. The average Bonchev–Trinajstić information content (AvgIpc) is 3.08. The molecule has 1 N–H and O–H groups in total. The number of ether oxygens (including phenoxy) is 1. The smallest absolute Gasteiger partial charge is 0.393 e. The van der Waals surface area contributed by atoms with E-state index in [4.69, 9.17) is 9.84 Å². The number of pyridine rings is 2. The Kier molecular flexibility index (Phi) is 4.79. The third kappa shape index (κ3) is 3.97. The second kappa shape index (κ2) is 7.28. The van der Waals surface area contributed by atoms with Crippen LogP contribution in [0.2, 0.25) is 0 Å². The van der Waals surface area contributed by atoms with Crippen molar-refractivity contribution in [3.63, 3.8) is 0 Å². The molecule has 0 amide bonds. The minimum absolute atomic E-state index is 0.0604. The monoisotopic (exact) mass is 406 g/mol. The van der Waals surface area contributed by atoms with Gasteiger partial charge in [0, 0.05) is 17.6 Å². The number of nitrogens with zero attached hydrogens (tertiary/aromatic N) is 4. The second-order valence-corrected chi connectivity index (χ2v) is 6.33. The van der Waals surface area contributed by atoms with Crippen molar-refractivity contribution in [1.29, 1.82) is 0 Å². The third-order valence-electron chi connectivity index (χ3n) is 4.19. The number of hydrogen-bond donors (Lipinski definition) is 1. The van der Waals surface area contributed by atoms with Crippen LogP contribution in [0.5, 0.6) is 5.75 Å². The van der Waals surface area contributed by atoms with Gasteiger partial charge in [0.15, 0.2) is 23.0 Å². The molecule has 4 aromatic rings. The van der Waals surface area contributed by atoms with Gasteiger partial charge in [-0.2, -0.15) is 13.2 Å². The molecule has 0 aliphatic heterocycles. The largest absolute Gasteiger partial charge is 0.488 e. The summed E-state index contributed by atoms with van der Waals surface area (Å²) < 4.78 is 58.8. The normalized spacial score (nSPS) is 12.0. The zero-order valence-corrected chi connectivity index (χ0v) is 14.8. The lowest BCUT2D eigenvalue weighted by Gasteiger charge is -2.09. The van der Waals surface area contributed by atoms with Crippen molar-refractivity contribution in [3.05, 3.63) is 54.0 Å². The molecule has 10 heteroatoms. The van der Waals surface area contributed by atoms with Gasteiger partial charge in [0.1, 0.15) is 12.3 Å². The molecule has 3 heterocycles. The highest BCUT2D eigenvalue weighted by Gasteiger charge is 2.28. The van der Waals surface area contributed by atoms with Crippen molar-refractivity contribution < 1.29 is 27.4 Å². The number of rotatable bonds is 5. The summed E-state index contributed by atoms with van der Waals surface area (Å²) in [5.74, 6) is -0.395. The van der Waals surface area contributed by atoms with E-state index in [1.54, 1.807) is 12.1 Å². The minimum atomic E-state index is -4.34. The van der Waals surface area contributed by atoms with E-state index in [1.807, 2.05) is 0 Å². The average molecular weight is 406 g/mol. The summed E-state index contributed by atoms with van der Waals surface area (Å²) in [7, 11) is 0. The molecule has 0 aliphatic carbocycles. The number of aromatic nitrogens is 4. The molecule has 0 aliphatic rings. The van der Waals surface area contributed by atoms with E-state index in [0.29, 0.717) is 22.2 Å². The van der Waals surface area contributed by atoms with E-state index in [1.165, 1.54) is 34.9 Å². The molecular formula is C19H14F4N4O2. The van der Waals surface area contributed by atoms with Crippen molar-refractivity contribution >= 4 is 16.6 Å². The van der Waals surface area contributed by atoms with Gasteiger partial charge in [-0.1, -0.05) is 12.1 Å². The second-order valence-electron chi connectivity index (χ2n) is 6.33. The van der Waals surface area contributed by atoms with Gasteiger partial charge in [-0.05, 0) is 23.8 Å². The van der Waals surface area contributed by atoms with Gasteiger partial charge >= 0.3 is 6.18 Å². The molecule has 0 atom stereocenters. The van der Waals surface area contributed by atoms with Gasteiger partial charge in [0.05, 0.1) is 18.5 Å². The van der Waals surface area contributed by atoms with Crippen LogP contribution in [0.25, 0.3) is 28.1 Å². The molecule has 4 rings (SSSR count). The van der Waals surface area contributed by atoms with Gasteiger partial charge in [0.25, 0.3) is 0 Å². The maximum Gasteiger partial charge on any atom is 0.393 e. The predicted octanol–water partition coefficient (Wildman–Crippen LogP) is 3.56. The van der Waals surface area contributed by atoms with Gasteiger partial charge in [-0.25, -0.2) is 9.37 Å². The number of aliphatic hydroxyl groups excluding tert-OH is 1. The molecule has 1 aromatic carbocycles. The number of fused-ring (bicyclic) bond motifs is 2. The van der Waals surface area contributed by atoms with Crippen molar-refractivity contribution in [2.75, 3.05) is 13.2 Å². The highest BCUT2D eigenvalue weighted by atomic mass is 19.4. The van der Waals surface area contributed by atoms with Crippen LogP contribution in [-0.4, -0.2) is 44.1 Å². The fraction of sp³-hybridized carbons (Fsp3) is 0.211. The maximum absolute atomic E-state index is 14.1. The molecule has 0 unspecified atom stereocenters. The Labute approximate surface area is 161 Å². The van der Waals surface area contributed by atoms with Gasteiger partial charge in [-0.15, -0.1) is 10.2 Å². The molecule has 6 nitrogen and oxygen atoms in total. The van der Waals surface area contributed by atoms with E-state index >= 15 is 0 Å². The van der Waals surface area contributed by atoms with Crippen molar-refractivity contribution in [3.8, 4) is 17.3 Å². The Hall–Kier alpha value is -3.27. The van der Waals surface area contributed by atoms with Crippen LogP contribution >= 0.6 is 0 Å².